The van der Waals surface area contributed by atoms with Crippen molar-refractivity contribution in [1.29, 1.82) is 0 Å². The second-order valence-electron chi connectivity index (χ2n) is 5.63. The molecule has 2 aromatic carbocycles. The van der Waals surface area contributed by atoms with Crippen molar-refractivity contribution < 1.29 is 0 Å². The molecule has 0 amide bonds. The monoisotopic (exact) mass is 318 g/mol. The summed E-state index contributed by atoms with van der Waals surface area (Å²) in [6, 6.07) is 21.9. The Labute approximate surface area is 142 Å². The molecule has 3 aromatic rings. The molecule has 0 atom stereocenters. The molecule has 0 aliphatic carbocycles. The first-order valence-corrected chi connectivity index (χ1v) is 8.37. The molecule has 0 radical (unpaired) electrons. The first-order valence-electron chi connectivity index (χ1n) is 8.37. The van der Waals surface area contributed by atoms with E-state index in [0.29, 0.717) is 0 Å². The maximum atomic E-state index is 13.2. The SMILES string of the molecule is CCN(CC)c1c(-c2ccccc2)ccn(-c2ccccc2)c1=O. The molecule has 0 bridgehead atoms. The van der Waals surface area contributed by atoms with Crippen LogP contribution in [0.25, 0.3) is 16.8 Å². The largest absolute Gasteiger partial charge is 0.367 e. The molecule has 3 nitrogen and oxygen atoms in total. The molecule has 3 rings (SSSR count). The minimum Gasteiger partial charge on any atom is -0.367 e. The number of hydrogen-bond acceptors (Lipinski definition) is 2. The third kappa shape index (κ3) is 2.98. The van der Waals surface area contributed by atoms with Crippen LogP contribution in [-0.2, 0) is 0 Å². The lowest BCUT2D eigenvalue weighted by molar-refractivity contribution is 0.844. The molecule has 122 valence electrons. The Balaban J connectivity index is 2.25. The van der Waals surface area contributed by atoms with Crippen LogP contribution in [0.1, 0.15) is 13.8 Å². The second-order valence-corrected chi connectivity index (χ2v) is 5.63. The zero-order valence-electron chi connectivity index (χ0n) is 14.1. The Hall–Kier alpha value is -2.81. The summed E-state index contributed by atoms with van der Waals surface area (Å²) >= 11 is 0. The van der Waals surface area contributed by atoms with Gasteiger partial charge in [0.15, 0.2) is 0 Å². The highest BCUT2D eigenvalue weighted by Gasteiger charge is 2.17. The van der Waals surface area contributed by atoms with Crippen molar-refractivity contribution in [3.05, 3.63) is 83.3 Å². The average Bonchev–Trinajstić information content (AvgIpc) is 2.65. The normalized spacial score (nSPS) is 10.6. The fourth-order valence-electron chi connectivity index (χ4n) is 3.01. The van der Waals surface area contributed by atoms with Crippen LogP contribution in [0.3, 0.4) is 0 Å². The summed E-state index contributed by atoms with van der Waals surface area (Å²) in [5.74, 6) is 0. The van der Waals surface area contributed by atoms with Crippen molar-refractivity contribution in [3.8, 4) is 16.8 Å². The van der Waals surface area contributed by atoms with Crippen molar-refractivity contribution in [3.63, 3.8) is 0 Å². The highest BCUT2D eigenvalue weighted by Crippen LogP contribution is 2.28. The van der Waals surface area contributed by atoms with E-state index in [9.17, 15) is 4.79 Å². The summed E-state index contributed by atoms with van der Waals surface area (Å²) in [5.41, 5.74) is 3.72. The maximum absolute atomic E-state index is 13.2. The van der Waals surface area contributed by atoms with Gasteiger partial charge in [0.2, 0.25) is 0 Å². The summed E-state index contributed by atoms with van der Waals surface area (Å²) < 4.78 is 1.72. The Morgan fingerprint density at radius 2 is 1.42 bits per heavy atom. The molecular weight excluding hydrogens is 296 g/mol. The standard InChI is InChI=1S/C21H22N2O/c1-3-22(4-2)20-19(17-11-7-5-8-12-17)15-16-23(21(20)24)18-13-9-6-10-14-18/h5-16H,3-4H2,1-2H3. The quantitative estimate of drug-likeness (QED) is 0.699. The average molecular weight is 318 g/mol. The number of pyridine rings is 1. The van der Waals surface area contributed by atoms with Crippen LogP contribution >= 0.6 is 0 Å². The molecule has 1 heterocycles. The smallest absolute Gasteiger partial charge is 0.279 e. The van der Waals surface area contributed by atoms with Crippen LogP contribution in [0.4, 0.5) is 5.69 Å². The number of hydrogen-bond donors (Lipinski definition) is 0. The molecule has 0 saturated carbocycles. The van der Waals surface area contributed by atoms with E-state index >= 15 is 0 Å². The van der Waals surface area contributed by atoms with Gasteiger partial charge in [-0.3, -0.25) is 9.36 Å². The van der Waals surface area contributed by atoms with Gasteiger partial charge in [0.25, 0.3) is 5.56 Å². The van der Waals surface area contributed by atoms with Crippen LogP contribution in [0.5, 0.6) is 0 Å². The number of rotatable bonds is 5. The van der Waals surface area contributed by atoms with E-state index < -0.39 is 0 Å². The van der Waals surface area contributed by atoms with Crippen molar-refractivity contribution in [2.45, 2.75) is 13.8 Å². The van der Waals surface area contributed by atoms with Gasteiger partial charge in [0.05, 0.1) is 0 Å². The van der Waals surface area contributed by atoms with Crippen LogP contribution < -0.4 is 10.5 Å². The molecule has 1 aromatic heterocycles. The minimum absolute atomic E-state index is 0.0197. The topological polar surface area (TPSA) is 25.2 Å². The van der Waals surface area contributed by atoms with Gasteiger partial charge in [-0.05, 0) is 37.6 Å². The third-order valence-corrected chi connectivity index (χ3v) is 4.27. The molecule has 0 saturated heterocycles. The van der Waals surface area contributed by atoms with Crippen molar-refractivity contribution >= 4 is 5.69 Å². The van der Waals surface area contributed by atoms with E-state index in [4.69, 9.17) is 0 Å². The lowest BCUT2D eigenvalue weighted by Gasteiger charge is -2.24. The van der Waals surface area contributed by atoms with Gasteiger partial charge in [-0.25, -0.2) is 0 Å². The zero-order chi connectivity index (χ0) is 16.9. The predicted octanol–water partition coefficient (Wildman–Crippen LogP) is 4.35. The fraction of sp³-hybridized carbons (Fsp3) is 0.190. The number of aromatic nitrogens is 1. The van der Waals surface area contributed by atoms with Gasteiger partial charge in [0.1, 0.15) is 5.69 Å². The molecule has 0 spiro atoms. The molecule has 0 aliphatic heterocycles. The summed E-state index contributed by atoms with van der Waals surface area (Å²) in [7, 11) is 0. The molecule has 3 heteroatoms. The molecular formula is C21H22N2O. The maximum Gasteiger partial charge on any atom is 0.279 e. The van der Waals surface area contributed by atoms with Crippen LogP contribution in [0.2, 0.25) is 0 Å². The van der Waals surface area contributed by atoms with Gasteiger partial charge in [0, 0.05) is 30.5 Å². The number of nitrogens with zero attached hydrogens (tertiary/aromatic N) is 2. The Bertz CT molecular complexity index is 850. The van der Waals surface area contributed by atoms with E-state index in [1.807, 2.05) is 60.8 Å². The van der Waals surface area contributed by atoms with E-state index in [1.165, 1.54) is 0 Å². The molecule has 0 aliphatic rings. The third-order valence-electron chi connectivity index (χ3n) is 4.27. The molecule has 0 N–H and O–H groups in total. The fourth-order valence-corrected chi connectivity index (χ4v) is 3.01. The van der Waals surface area contributed by atoms with E-state index in [1.54, 1.807) is 4.57 Å². The highest BCUT2D eigenvalue weighted by atomic mass is 16.1. The van der Waals surface area contributed by atoms with Crippen LogP contribution in [0, 0.1) is 0 Å². The van der Waals surface area contributed by atoms with Crippen molar-refractivity contribution in [2.24, 2.45) is 0 Å². The second kappa shape index (κ2) is 7.18. The van der Waals surface area contributed by atoms with Gasteiger partial charge in [-0.2, -0.15) is 0 Å². The van der Waals surface area contributed by atoms with Crippen LogP contribution in [-0.4, -0.2) is 17.7 Å². The summed E-state index contributed by atoms with van der Waals surface area (Å²) in [4.78, 5) is 15.4. The highest BCUT2D eigenvalue weighted by molar-refractivity contribution is 5.78. The first-order chi connectivity index (χ1) is 11.8. The van der Waals surface area contributed by atoms with Crippen molar-refractivity contribution in [1.82, 2.24) is 4.57 Å². The molecule has 24 heavy (non-hydrogen) atoms. The van der Waals surface area contributed by atoms with Gasteiger partial charge in [-0.15, -0.1) is 0 Å². The Morgan fingerprint density at radius 3 is 2.00 bits per heavy atom. The first kappa shape index (κ1) is 16.1. The van der Waals surface area contributed by atoms with E-state index in [2.05, 4.69) is 30.9 Å². The summed E-state index contributed by atoms with van der Waals surface area (Å²) in [5, 5.41) is 0. The van der Waals surface area contributed by atoms with Gasteiger partial charge >= 0.3 is 0 Å². The predicted molar refractivity (Wildman–Crippen MR) is 101 cm³/mol. The Morgan fingerprint density at radius 1 is 0.833 bits per heavy atom. The number of anilines is 1. The van der Waals surface area contributed by atoms with Crippen molar-refractivity contribution in [2.75, 3.05) is 18.0 Å². The number of benzene rings is 2. The lowest BCUT2D eigenvalue weighted by Crippen LogP contribution is -2.32. The summed E-state index contributed by atoms with van der Waals surface area (Å²) in [6.07, 6.45) is 1.87. The Kier molecular flexibility index (Phi) is 4.80. The molecule has 0 fully saturated rings. The lowest BCUT2D eigenvalue weighted by atomic mass is 10.0. The number of para-hydroxylation sites is 1. The van der Waals surface area contributed by atoms with E-state index in [0.717, 1.165) is 35.6 Å². The van der Waals surface area contributed by atoms with Crippen LogP contribution in [0.15, 0.2) is 77.7 Å². The minimum atomic E-state index is 0.0197. The molecule has 0 unspecified atom stereocenters. The van der Waals surface area contributed by atoms with Gasteiger partial charge in [-0.1, -0.05) is 48.5 Å². The zero-order valence-corrected chi connectivity index (χ0v) is 14.1. The summed E-state index contributed by atoms with van der Waals surface area (Å²) in [6.45, 7) is 5.75. The van der Waals surface area contributed by atoms with Gasteiger partial charge < -0.3 is 4.90 Å². The van der Waals surface area contributed by atoms with E-state index in [-0.39, 0.29) is 5.56 Å².